The van der Waals surface area contributed by atoms with E-state index < -0.39 is 0 Å². The summed E-state index contributed by atoms with van der Waals surface area (Å²) < 4.78 is 1.39. The molecular formula is C12H9ClINS2. The molecule has 1 nitrogen and oxygen atoms in total. The number of fused-ring (bicyclic) bond motifs is 1. The molecule has 0 radical (unpaired) electrons. The third-order valence-corrected chi connectivity index (χ3v) is 6.31. The number of rotatable bonds is 2. The highest BCUT2D eigenvalue weighted by Gasteiger charge is 2.28. The molecule has 3 rings (SSSR count). The summed E-state index contributed by atoms with van der Waals surface area (Å²) in [7, 11) is 0. The number of halogens is 2. The second kappa shape index (κ2) is 4.99. The van der Waals surface area contributed by atoms with E-state index in [4.69, 9.17) is 11.6 Å². The topological polar surface area (TPSA) is 3.24 Å². The second-order valence-corrected chi connectivity index (χ2v) is 7.47. The standard InChI is InChI=1S/C12H9ClINS2/c13-11-4-3-10-12(9(14)7-17-10)15(11)6-8-2-1-5-16-8/h1-5H,6-7H2. The van der Waals surface area contributed by atoms with E-state index in [1.54, 1.807) is 11.3 Å². The first-order valence-corrected chi connectivity index (χ1v) is 8.47. The quantitative estimate of drug-likeness (QED) is 0.518. The van der Waals surface area contributed by atoms with Crippen molar-refractivity contribution in [2.75, 3.05) is 5.75 Å². The molecule has 88 valence electrons. The predicted molar refractivity (Wildman–Crippen MR) is 85.4 cm³/mol. The zero-order valence-corrected chi connectivity index (χ0v) is 13.4. The van der Waals surface area contributed by atoms with Gasteiger partial charge in [0.15, 0.2) is 0 Å². The summed E-state index contributed by atoms with van der Waals surface area (Å²) in [5.41, 5.74) is 1.30. The maximum atomic E-state index is 6.33. The van der Waals surface area contributed by atoms with Crippen molar-refractivity contribution in [3.8, 4) is 0 Å². The average molecular weight is 394 g/mol. The van der Waals surface area contributed by atoms with Gasteiger partial charge in [-0.3, -0.25) is 0 Å². The van der Waals surface area contributed by atoms with Crippen LogP contribution in [-0.4, -0.2) is 10.7 Å². The molecule has 3 heterocycles. The van der Waals surface area contributed by atoms with Crippen molar-refractivity contribution in [1.29, 1.82) is 0 Å². The van der Waals surface area contributed by atoms with E-state index in [9.17, 15) is 0 Å². The van der Waals surface area contributed by atoms with E-state index >= 15 is 0 Å². The summed E-state index contributed by atoms with van der Waals surface area (Å²) >= 11 is 12.4. The highest BCUT2D eigenvalue weighted by atomic mass is 127. The summed E-state index contributed by atoms with van der Waals surface area (Å²) in [6, 6.07) is 4.24. The highest BCUT2D eigenvalue weighted by molar-refractivity contribution is 14.1. The van der Waals surface area contributed by atoms with Gasteiger partial charge in [0.25, 0.3) is 0 Å². The van der Waals surface area contributed by atoms with Crippen LogP contribution >= 0.6 is 57.3 Å². The van der Waals surface area contributed by atoms with Gasteiger partial charge in [-0.1, -0.05) is 17.7 Å². The van der Waals surface area contributed by atoms with Gasteiger partial charge in [0, 0.05) is 19.1 Å². The Morgan fingerprint density at radius 2 is 2.29 bits per heavy atom. The van der Waals surface area contributed by atoms with Gasteiger partial charge >= 0.3 is 0 Å². The Labute approximate surface area is 127 Å². The molecule has 1 aromatic heterocycles. The van der Waals surface area contributed by atoms with Gasteiger partial charge in [-0.05, 0) is 46.2 Å². The Morgan fingerprint density at radius 1 is 1.41 bits per heavy atom. The van der Waals surface area contributed by atoms with Crippen molar-refractivity contribution in [3.63, 3.8) is 0 Å². The van der Waals surface area contributed by atoms with Gasteiger partial charge < -0.3 is 4.90 Å². The summed E-state index contributed by atoms with van der Waals surface area (Å²) in [6.07, 6.45) is 4.12. The summed E-state index contributed by atoms with van der Waals surface area (Å²) in [5, 5.41) is 2.92. The van der Waals surface area contributed by atoms with E-state index in [0.29, 0.717) is 0 Å². The molecule has 17 heavy (non-hydrogen) atoms. The Morgan fingerprint density at radius 3 is 3.06 bits per heavy atom. The maximum Gasteiger partial charge on any atom is 0.109 e. The Kier molecular flexibility index (Phi) is 3.57. The minimum atomic E-state index is 0.814. The lowest BCUT2D eigenvalue weighted by molar-refractivity contribution is 0.459. The van der Waals surface area contributed by atoms with Crippen LogP contribution in [-0.2, 0) is 6.54 Å². The Hall–Kier alpha value is 0.0900. The molecule has 0 saturated heterocycles. The van der Waals surface area contributed by atoms with Crippen LogP contribution in [0.3, 0.4) is 0 Å². The van der Waals surface area contributed by atoms with Crippen LogP contribution in [0.2, 0.25) is 0 Å². The molecule has 2 aliphatic rings. The first-order valence-electron chi connectivity index (χ1n) is 5.15. The molecule has 0 aromatic carbocycles. The fourth-order valence-corrected chi connectivity index (χ4v) is 4.96. The number of allylic oxidation sites excluding steroid dienone is 2. The third kappa shape index (κ3) is 2.32. The average Bonchev–Trinajstić information content (AvgIpc) is 2.93. The SMILES string of the molecule is ClC1=CC=C2SCC(I)=C2N1Cc1cccs1. The molecule has 0 saturated carbocycles. The van der Waals surface area contributed by atoms with Gasteiger partial charge in [-0.2, -0.15) is 0 Å². The highest BCUT2D eigenvalue weighted by Crippen LogP contribution is 2.45. The molecule has 0 atom stereocenters. The van der Waals surface area contributed by atoms with Crippen LogP contribution in [0.25, 0.3) is 0 Å². The van der Waals surface area contributed by atoms with Crippen molar-refractivity contribution >= 4 is 57.3 Å². The van der Waals surface area contributed by atoms with Gasteiger partial charge in [0.1, 0.15) is 5.16 Å². The maximum absolute atomic E-state index is 6.33. The third-order valence-electron chi connectivity index (χ3n) is 2.64. The lowest BCUT2D eigenvalue weighted by atomic mass is 10.2. The minimum Gasteiger partial charge on any atom is -0.325 e. The van der Waals surface area contributed by atoms with Crippen molar-refractivity contribution < 1.29 is 0 Å². The van der Waals surface area contributed by atoms with Crippen molar-refractivity contribution in [2.24, 2.45) is 0 Å². The first-order chi connectivity index (χ1) is 8.25. The summed E-state index contributed by atoms with van der Waals surface area (Å²) in [6.45, 7) is 0.868. The zero-order valence-electron chi connectivity index (χ0n) is 8.82. The number of thiophene rings is 1. The monoisotopic (exact) mass is 393 g/mol. The van der Waals surface area contributed by atoms with Crippen LogP contribution in [0.15, 0.2) is 49.0 Å². The Balaban J connectivity index is 1.95. The summed E-state index contributed by atoms with van der Waals surface area (Å²) in [5.74, 6) is 1.07. The van der Waals surface area contributed by atoms with Gasteiger partial charge in [0.05, 0.1) is 12.2 Å². The van der Waals surface area contributed by atoms with E-state index in [0.717, 1.165) is 17.5 Å². The molecule has 0 aliphatic carbocycles. The Bertz CT molecular complexity index is 531. The van der Waals surface area contributed by atoms with Crippen LogP contribution in [0, 0.1) is 0 Å². The molecule has 0 amide bonds. The lowest BCUT2D eigenvalue weighted by Gasteiger charge is -2.28. The molecule has 1 aromatic rings. The minimum absolute atomic E-state index is 0.814. The van der Waals surface area contributed by atoms with E-state index in [1.807, 2.05) is 17.8 Å². The molecule has 0 unspecified atom stereocenters. The number of hydrogen-bond acceptors (Lipinski definition) is 3. The van der Waals surface area contributed by atoms with Crippen LogP contribution in [0.5, 0.6) is 0 Å². The van der Waals surface area contributed by atoms with Crippen molar-refractivity contribution in [2.45, 2.75) is 6.54 Å². The van der Waals surface area contributed by atoms with Gasteiger partial charge in [-0.15, -0.1) is 23.1 Å². The summed E-state index contributed by atoms with van der Waals surface area (Å²) in [4.78, 5) is 4.89. The van der Waals surface area contributed by atoms with E-state index in [-0.39, 0.29) is 0 Å². The largest absolute Gasteiger partial charge is 0.325 e. The normalized spacial score (nSPS) is 19.3. The fraction of sp³-hybridized carbons (Fsp3) is 0.167. The molecule has 0 fully saturated rings. The second-order valence-electron chi connectivity index (χ2n) is 3.73. The van der Waals surface area contributed by atoms with Gasteiger partial charge in [0.2, 0.25) is 0 Å². The van der Waals surface area contributed by atoms with Crippen molar-refractivity contribution in [3.05, 3.63) is 53.9 Å². The van der Waals surface area contributed by atoms with E-state index in [2.05, 4.69) is 51.1 Å². The number of nitrogens with zero attached hydrogens (tertiary/aromatic N) is 1. The number of hydrogen-bond donors (Lipinski definition) is 0. The van der Waals surface area contributed by atoms with Crippen LogP contribution in [0.1, 0.15) is 4.88 Å². The van der Waals surface area contributed by atoms with Crippen molar-refractivity contribution in [1.82, 2.24) is 4.90 Å². The number of thioether (sulfide) groups is 1. The molecule has 0 spiro atoms. The van der Waals surface area contributed by atoms with E-state index in [1.165, 1.54) is 19.1 Å². The molecule has 0 N–H and O–H groups in total. The predicted octanol–water partition coefficient (Wildman–Crippen LogP) is 4.92. The molecular weight excluding hydrogens is 385 g/mol. The molecule has 5 heteroatoms. The molecule has 2 aliphatic heterocycles. The van der Waals surface area contributed by atoms with Crippen LogP contribution in [0.4, 0.5) is 0 Å². The first kappa shape index (κ1) is 12.1. The lowest BCUT2D eigenvalue weighted by Crippen LogP contribution is -2.21. The van der Waals surface area contributed by atoms with Gasteiger partial charge in [-0.25, -0.2) is 0 Å². The zero-order chi connectivity index (χ0) is 11.8. The van der Waals surface area contributed by atoms with Crippen LogP contribution < -0.4 is 0 Å². The molecule has 0 bridgehead atoms. The smallest absolute Gasteiger partial charge is 0.109 e. The fourth-order valence-electron chi connectivity index (χ4n) is 1.87.